The molecular weight excluding hydrogens is 474 g/mol. The summed E-state index contributed by atoms with van der Waals surface area (Å²) in [7, 11) is -2.32. The zero-order chi connectivity index (χ0) is 24.3. The summed E-state index contributed by atoms with van der Waals surface area (Å²) in [6.45, 7) is 3.54. The van der Waals surface area contributed by atoms with Gasteiger partial charge in [-0.05, 0) is 61.4 Å². The van der Waals surface area contributed by atoms with Crippen LogP contribution in [0.15, 0.2) is 76.0 Å². The first-order valence-corrected chi connectivity index (χ1v) is 12.4. The van der Waals surface area contributed by atoms with E-state index in [0.29, 0.717) is 28.6 Å². The molecule has 4 rings (SSSR count). The molecule has 0 spiro atoms. The van der Waals surface area contributed by atoms with Crippen molar-refractivity contribution >= 4 is 27.3 Å². The zero-order valence-electron chi connectivity index (χ0n) is 19.0. The maximum Gasteiger partial charge on any atom is 0.264 e. The number of hydrogen-bond donors (Lipinski definition) is 0. The van der Waals surface area contributed by atoms with Crippen LogP contribution in [0.3, 0.4) is 0 Å². The van der Waals surface area contributed by atoms with Crippen molar-refractivity contribution in [3.63, 3.8) is 0 Å². The SMILES string of the molecule is COc1ccc(Cc2nnc(CN(c3cccc(Cl)c3C)S(=O)(=O)c3ccc(C)cc3)o2)cc1. The van der Waals surface area contributed by atoms with Crippen LogP contribution in [0.25, 0.3) is 0 Å². The van der Waals surface area contributed by atoms with Crippen LogP contribution in [0.1, 0.15) is 28.5 Å². The van der Waals surface area contributed by atoms with Crippen LogP contribution in [0, 0.1) is 13.8 Å². The molecule has 0 unspecified atom stereocenters. The average Bonchev–Trinajstić information content (AvgIpc) is 3.27. The Morgan fingerprint density at radius 2 is 1.62 bits per heavy atom. The predicted molar refractivity (Wildman–Crippen MR) is 131 cm³/mol. The van der Waals surface area contributed by atoms with Crippen LogP contribution < -0.4 is 9.04 Å². The molecule has 0 fully saturated rings. The summed E-state index contributed by atoms with van der Waals surface area (Å²) in [5.74, 6) is 1.32. The zero-order valence-corrected chi connectivity index (χ0v) is 20.6. The lowest BCUT2D eigenvalue weighted by Gasteiger charge is -2.25. The first-order valence-electron chi connectivity index (χ1n) is 10.6. The summed E-state index contributed by atoms with van der Waals surface area (Å²) in [4.78, 5) is 0.162. The molecule has 4 aromatic rings. The highest BCUT2D eigenvalue weighted by atomic mass is 35.5. The highest BCUT2D eigenvalue weighted by Crippen LogP contribution is 2.32. The Hall–Kier alpha value is -3.36. The Morgan fingerprint density at radius 1 is 0.941 bits per heavy atom. The van der Waals surface area contributed by atoms with Gasteiger partial charge in [-0.3, -0.25) is 4.31 Å². The number of anilines is 1. The third kappa shape index (κ3) is 5.08. The molecule has 176 valence electrons. The summed E-state index contributed by atoms with van der Waals surface area (Å²) < 4.78 is 39.6. The van der Waals surface area contributed by atoms with Gasteiger partial charge in [-0.25, -0.2) is 8.42 Å². The number of benzene rings is 3. The molecule has 0 aliphatic rings. The van der Waals surface area contributed by atoms with Crippen molar-refractivity contribution in [3.05, 3.63) is 100 Å². The summed E-state index contributed by atoms with van der Waals surface area (Å²) in [6, 6.07) is 19.4. The van der Waals surface area contributed by atoms with Gasteiger partial charge in [0.05, 0.1) is 24.1 Å². The minimum atomic E-state index is -3.93. The molecule has 0 atom stereocenters. The second-order valence-corrected chi connectivity index (χ2v) is 10.1. The smallest absolute Gasteiger partial charge is 0.264 e. The lowest BCUT2D eigenvalue weighted by Crippen LogP contribution is -2.31. The Kier molecular flexibility index (Phi) is 6.90. The van der Waals surface area contributed by atoms with Crippen molar-refractivity contribution in [3.8, 4) is 5.75 Å². The molecule has 1 heterocycles. The van der Waals surface area contributed by atoms with Crippen LogP contribution in [0.4, 0.5) is 5.69 Å². The number of aryl methyl sites for hydroxylation is 1. The van der Waals surface area contributed by atoms with E-state index in [0.717, 1.165) is 16.9 Å². The molecule has 34 heavy (non-hydrogen) atoms. The Morgan fingerprint density at radius 3 is 2.29 bits per heavy atom. The Labute approximate surface area is 204 Å². The molecule has 1 aromatic heterocycles. The topological polar surface area (TPSA) is 85.5 Å². The molecule has 0 amide bonds. The summed E-state index contributed by atoms with van der Waals surface area (Å²) in [5, 5.41) is 8.68. The molecule has 7 nitrogen and oxygen atoms in total. The van der Waals surface area contributed by atoms with Gasteiger partial charge in [0, 0.05) is 5.02 Å². The van der Waals surface area contributed by atoms with Crippen molar-refractivity contribution in [1.29, 1.82) is 0 Å². The number of rotatable bonds is 8. The van der Waals surface area contributed by atoms with E-state index in [4.69, 9.17) is 20.8 Å². The molecule has 0 bridgehead atoms. The maximum absolute atomic E-state index is 13.7. The fourth-order valence-electron chi connectivity index (χ4n) is 3.47. The second kappa shape index (κ2) is 9.87. The molecule has 0 N–H and O–H groups in total. The molecule has 9 heteroatoms. The minimum absolute atomic E-state index is 0.132. The monoisotopic (exact) mass is 497 g/mol. The van der Waals surface area contributed by atoms with Crippen LogP contribution in [-0.4, -0.2) is 25.7 Å². The van der Waals surface area contributed by atoms with E-state index in [9.17, 15) is 8.42 Å². The van der Waals surface area contributed by atoms with Crippen LogP contribution >= 0.6 is 11.6 Å². The largest absolute Gasteiger partial charge is 0.497 e. The first-order chi connectivity index (χ1) is 16.3. The van der Waals surface area contributed by atoms with Gasteiger partial charge in [0.25, 0.3) is 10.0 Å². The fraction of sp³-hybridized carbons (Fsp3) is 0.200. The summed E-state index contributed by atoms with van der Waals surface area (Å²) in [5.41, 5.74) is 3.01. The van der Waals surface area contributed by atoms with E-state index in [1.807, 2.05) is 31.2 Å². The lowest BCUT2D eigenvalue weighted by atomic mass is 10.1. The van der Waals surface area contributed by atoms with Crippen LogP contribution in [0.5, 0.6) is 5.75 Å². The van der Waals surface area contributed by atoms with Gasteiger partial charge in [-0.2, -0.15) is 0 Å². The summed E-state index contributed by atoms with van der Waals surface area (Å²) >= 11 is 6.31. The standard InChI is InChI=1S/C25H24ClN3O4S/c1-17-7-13-21(14-8-17)34(30,31)29(23-6-4-5-22(26)18(23)2)16-25-28-27-24(33-25)15-19-9-11-20(32-3)12-10-19/h4-14H,15-16H2,1-3H3. The number of methoxy groups -OCH3 is 1. The highest BCUT2D eigenvalue weighted by molar-refractivity contribution is 7.92. The quantitative estimate of drug-likeness (QED) is 0.327. The van der Waals surface area contributed by atoms with E-state index in [1.165, 1.54) is 4.31 Å². The number of nitrogens with zero attached hydrogens (tertiary/aromatic N) is 3. The molecule has 0 radical (unpaired) electrons. The number of aromatic nitrogens is 2. The molecule has 3 aromatic carbocycles. The summed E-state index contributed by atoms with van der Waals surface area (Å²) in [6.07, 6.45) is 0.415. The fourth-order valence-corrected chi connectivity index (χ4v) is 5.11. The van der Waals surface area contributed by atoms with E-state index < -0.39 is 10.0 Å². The third-order valence-electron chi connectivity index (χ3n) is 5.42. The van der Waals surface area contributed by atoms with Crippen molar-refractivity contribution in [2.75, 3.05) is 11.4 Å². The highest BCUT2D eigenvalue weighted by Gasteiger charge is 2.28. The molecule has 0 saturated heterocycles. The van der Waals surface area contributed by atoms with Gasteiger partial charge in [0.2, 0.25) is 11.8 Å². The van der Waals surface area contributed by atoms with E-state index in [2.05, 4.69) is 10.2 Å². The third-order valence-corrected chi connectivity index (χ3v) is 7.60. The lowest BCUT2D eigenvalue weighted by molar-refractivity contribution is 0.414. The van der Waals surface area contributed by atoms with Crippen molar-refractivity contribution in [1.82, 2.24) is 10.2 Å². The number of halogens is 1. The Balaban J connectivity index is 1.66. The van der Waals surface area contributed by atoms with Gasteiger partial charge in [0.1, 0.15) is 12.3 Å². The van der Waals surface area contributed by atoms with Gasteiger partial charge >= 0.3 is 0 Å². The van der Waals surface area contributed by atoms with E-state index >= 15 is 0 Å². The Bertz CT molecular complexity index is 1380. The van der Waals surface area contributed by atoms with Gasteiger partial charge in [-0.1, -0.05) is 47.5 Å². The van der Waals surface area contributed by atoms with Gasteiger partial charge in [0.15, 0.2) is 0 Å². The number of ether oxygens (including phenoxy) is 1. The molecular formula is C25H24ClN3O4S. The first kappa shape index (κ1) is 23.8. The molecule has 0 aliphatic heterocycles. The van der Waals surface area contributed by atoms with Gasteiger partial charge in [-0.15, -0.1) is 10.2 Å². The number of sulfonamides is 1. The van der Waals surface area contributed by atoms with Crippen molar-refractivity contribution < 1.29 is 17.6 Å². The maximum atomic E-state index is 13.7. The van der Waals surface area contributed by atoms with Crippen LogP contribution in [-0.2, 0) is 23.0 Å². The normalized spacial score (nSPS) is 11.4. The predicted octanol–water partition coefficient (Wildman–Crippen LogP) is 5.33. The number of hydrogen-bond acceptors (Lipinski definition) is 6. The average molecular weight is 498 g/mol. The van der Waals surface area contributed by atoms with Crippen LogP contribution in [0.2, 0.25) is 5.02 Å². The second-order valence-electron chi connectivity index (χ2n) is 7.82. The van der Waals surface area contributed by atoms with E-state index in [1.54, 1.807) is 56.5 Å². The van der Waals surface area contributed by atoms with Gasteiger partial charge < -0.3 is 9.15 Å². The van der Waals surface area contributed by atoms with E-state index in [-0.39, 0.29) is 17.3 Å². The minimum Gasteiger partial charge on any atom is -0.497 e. The van der Waals surface area contributed by atoms with Crippen molar-refractivity contribution in [2.24, 2.45) is 0 Å². The van der Waals surface area contributed by atoms with Crippen molar-refractivity contribution in [2.45, 2.75) is 31.7 Å². The molecule has 0 aliphatic carbocycles. The molecule has 0 saturated carbocycles.